The fourth-order valence-electron chi connectivity index (χ4n) is 3.94. The van der Waals surface area contributed by atoms with Crippen molar-refractivity contribution in [3.05, 3.63) is 72.1 Å². The molecule has 176 valence electrons. The zero-order valence-electron chi connectivity index (χ0n) is 18.0. The van der Waals surface area contributed by atoms with E-state index in [0.29, 0.717) is 12.2 Å². The number of hydrogen-bond donors (Lipinski definition) is 1. The summed E-state index contributed by atoms with van der Waals surface area (Å²) in [5, 5.41) is 11.4. The lowest BCUT2D eigenvalue weighted by atomic mass is 10.1. The third kappa shape index (κ3) is 5.16. The highest BCUT2D eigenvalue weighted by molar-refractivity contribution is 7.92. The average molecular weight is 508 g/mol. The Morgan fingerprint density at radius 1 is 0.970 bits per heavy atom. The number of aromatic hydroxyl groups is 1. The van der Waals surface area contributed by atoms with Gasteiger partial charge >= 0.3 is 0 Å². The fraction of sp³-hybridized carbons (Fsp3) is 0.273. The summed E-state index contributed by atoms with van der Waals surface area (Å²) < 4.78 is 54.8. The molecule has 1 saturated heterocycles. The van der Waals surface area contributed by atoms with Gasteiger partial charge in [-0.3, -0.25) is 4.31 Å². The molecule has 33 heavy (non-hydrogen) atoms. The zero-order chi connectivity index (χ0) is 23.6. The second-order valence-corrected chi connectivity index (χ2v) is 12.8. The summed E-state index contributed by atoms with van der Waals surface area (Å²) in [6.07, 6.45) is 1.15. The summed E-state index contributed by atoms with van der Waals surface area (Å²) in [4.78, 5) is 2.00. The van der Waals surface area contributed by atoms with Gasteiger partial charge in [0.1, 0.15) is 9.96 Å². The smallest absolute Gasteiger partial charge is 0.252 e. The number of thiophene rings is 1. The number of rotatable bonds is 7. The van der Waals surface area contributed by atoms with E-state index in [-0.39, 0.29) is 29.6 Å². The molecule has 0 unspecified atom stereocenters. The van der Waals surface area contributed by atoms with Gasteiger partial charge < -0.3 is 10.0 Å². The predicted octanol–water partition coefficient (Wildman–Crippen LogP) is 2.80. The van der Waals surface area contributed by atoms with Gasteiger partial charge in [0.05, 0.1) is 24.5 Å². The molecular weight excluding hydrogens is 482 g/mol. The molecule has 11 heteroatoms. The lowest BCUT2D eigenvalue weighted by Crippen LogP contribution is -2.59. The summed E-state index contributed by atoms with van der Waals surface area (Å²) in [5.74, 6) is 0.122. The van der Waals surface area contributed by atoms with Crippen LogP contribution in [0.3, 0.4) is 0 Å². The van der Waals surface area contributed by atoms with E-state index in [2.05, 4.69) is 0 Å². The van der Waals surface area contributed by atoms with Crippen molar-refractivity contribution in [2.45, 2.75) is 10.3 Å². The van der Waals surface area contributed by atoms with E-state index in [1.165, 1.54) is 8.61 Å². The zero-order valence-corrected chi connectivity index (χ0v) is 20.4. The molecule has 0 saturated carbocycles. The number of phenolic OH excluding ortho intramolecular Hbond substituents is 1. The van der Waals surface area contributed by atoms with E-state index in [9.17, 15) is 21.9 Å². The molecule has 0 bridgehead atoms. The van der Waals surface area contributed by atoms with E-state index in [1.807, 2.05) is 11.0 Å². The van der Waals surface area contributed by atoms with Crippen molar-refractivity contribution in [1.82, 2.24) is 4.31 Å². The van der Waals surface area contributed by atoms with Crippen LogP contribution in [-0.4, -0.2) is 64.7 Å². The topological polar surface area (TPSA) is 98.2 Å². The third-order valence-electron chi connectivity index (χ3n) is 5.54. The lowest BCUT2D eigenvalue weighted by Gasteiger charge is -2.43. The minimum Gasteiger partial charge on any atom is -0.508 e. The molecular formula is C22H25N3O5S3. The maximum atomic E-state index is 13.2. The molecule has 1 aliphatic heterocycles. The summed E-state index contributed by atoms with van der Waals surface area (Å²) in [5.41, 5.74) is 1.30. The monoisotopic (exact) mass is 507 g/mol. The van der Waals surface area contributed by atoms with E-state index in [4.69, 9.17) is 0 Å². The van der Waals surface area contributed by atoms with Gasteiger partial charge in [0.2, 0.25) is 10.0 Å². The molecule has 2 aromatic carbocycles. The average Bonchev–Trinajstić information content (AvgIpc) is 3.34. The number of hydrogen-bond acceptors (Lipinski definition) is 7. The van der Waals surface area contributed by atoms with Crippen LogP contribution in [0.25, 0.3) is 0 Å². The van der Waals surface area contributed by atoms with Crippen LogP contribution in [0.1, 0.15) is 0 Å². The first kappa shape index (κ1) is 23.6. The van der Waals surface area contributed by atoms with Gasteiger partial charge in [0, 0.05) is 25.3 Å². The van der Waals surface area contributed by atoms with Crippen molar-refractivity contribution in [1.29, 1.82) is 0 Å². The van der Waals surface area contributed by atoms with Crippen molar-refractivity contribution in [2.24, 2.45) is 0 Å². The standard InChI is InChI=1S/C22H25N3O5S3/c1-32(27,28)25(19-6-3-2-4-7-19)17-20-16-23(33(29,30)22-8-5-15-31-22)13-14-24(20)18-9-11-21(26)12-10-18/h2-12,15,20,26H,13-14,16-17H2,1H3/t20-/m1/s1. The van der Waals surface area contributed by atoms with Gasteiger partial charge in [0.25, 0.3) is 10.0 Å². The molecule has 0 aliphatic carbocycles. The second-order valence-electron chi connectivity index (χ2n) is 7.79. The molecule has 3 aromatic rings. The van der Waals surface area contributed by atoms with Crippen LogP contribution in [0, 0.1) is 0 Å². The SMILES string of the molecule is CS(=O)(=O)N(C[C@H]1CN(S(=O)(=O)c2cccs2)CCN1c1ccc(O)cc1)c1ccccc1. The molecule has 8 nitrogen and oxygen atoms in total. The minimum atomic E-state index is -3.68. The Bertz CT molecular complexity index is 1280. The highest BCUT2D eigenvalue weighted by atomic mass is 32.2. The normalized spacial score (nSPS) is 17.7. The quantitative estimate of drug-likeness (QED) is 0.528. The molecule has 1 aromatic heterocycles. The van der Waals surface area contributed by atoms with Crippen molar-refractivity contribution >= 4 is 42.8 Å². The molecule has 0 radical (unpaired) electrons. The molecule has 0 spiro atoms. The van der Waals surface area contributed by atoms with Gasteiger partial charge in [-0.1, -0.05) is 24.3 Å². The first-order valence-electron chi connectivity index (χ1n) is 10.3. The van der Waals surface area contributed by atoms with Gasteiger partial charge in [-0.15, -0.1) is 11.3 Å². The fourth-order valence-corrected chi connectivity index (χ4v) is 7.50. The van der Waals surface area contributed by atoms with Crippen molar-refractivity contribution in [3.8, 4) is 5.75 Å². The number of benzene rings is 2. The Kier molecular flexibility index (Phi) is 6.66. The molecule has 2 heterocycles. The third-order valence-corrected chi connectivity index (χ3v) is 9.94. The Labute approximate surface area is 198 Å². The summed E-state index contributed by atoms with van der Waals surface area (Å²) in [7, 11) is -7.31. The van der Waals surface area contributed by atoms with Crippen molar-refractivity contribution < 1.29 is 21.9 Å². The van der Waals surface area contributed by atoms with Gasteiger partial charge in [-0.2, -0.15) is 4.31 Å². The number of nitrogens with zero attached hydrogens (tertiary/aromatic N) is 3. The van der Waals surface area contributed by atoms with Gasteiger partial charge in [-0.25, -0.2) is 16.8 Å². The number of anilines is 2. The number of sulfonamides is 2. The van der Waals surface area contributed by atoms with Crippen LogP contribution in [0.5, 0.6) is 5.75 Å². The minimum absolute atomic E-state index is 0.0696. The van der Waals surface area contributed by atoms with E-state index >= 15 is 0 Å². The largest absolute Gasteiger partial charge is 0.508 e. The predicted molar refractivity (Wildman–Crippen MR) is 131 cm³/mol. The molecule has 1 atom stereocenters. The maximum absolute atomic E-state index is 13.2. The van der Waals surface area contributed by atoms with Crippen LogP contribution in [-0.2, 0) is 20.0 Å². The number of para-hydroxylation sites is 1. The maximum Gasteiger partial charge on any atom is 0.252 e. The molecule has 0 amide bonds. The van der Waals surface area contributed by atoms with E-state index in [0.717, 1.165) is 23.3 Å². The van der Waals surface area contributed by atoms with Gasteiger partial charge in [0.15, 0.2) is 0 Å². The Morgan fingerprint density at radius 3 is 2.27 bits per heavy atom. The molecule has 1 N–H and O–H groups in total. The molecule has 1 fully saturated rings. The number of phenols is 1. The van der Waals surface area contributed by atoms with Gasteiger partial charge in [-0.05, 0) is 47.8 Å². The van der Waals surface area contributed by atoms with Crippen LogP contribution in [0.2, 0.25) is 0 Å². The first-order valence-corrected chi connectivity index (χ1v) is 14.4. The van der Waals surface area contributed by atoms with Crippen LogP contribution in [0.4, 0.5) is 11.4 Å². The molecule has 1 aliphatic rings. The van der Waals surface area contributed by atoms with Crippen molar-refractivity contribution in [3.63, 3.8) is 0 Å². The lowest BCUT2D eigenvalue weighted by molar-refractivity contribution is 0.335. The Morgan fingerprint density at radius 2 is 1.67 bits per heavy atom. The molecule has 4 rings (SSSR count). The highest BCUT2D eigenvalue weighted by Crippen LogP contribution is 2.29. The Balaban J connectivity index is 1.70. The number of piperazine rings is 1. The first-order chi connectivity index (χ1) is 15.7. The summed E-state index contributed by atoms with van der Waals surface area (Å²) >= 11 is 1.16. The van der Waals surface area contributed by atoms with Crippen LogP contribution in [0.15, 0.2) is 76.3 Å². The summed E-state index contributed by atoms with van der Waals surface area (Å²) in [6.45, 7) is 0.842. The van der Waals surface area contributed by atoms with Crippen LogP contribution < -0.4 is 9.21 Å². The van der Waals surface area contributed by atoms with E-state index < -0.39 is 26.1 Å². The second kappa shape index (κ2) is 9.34. The Hall–Kier alpha value is -2.60. The van der Waals surface area contributed by atoms with Crippen LogP contribution >= 0.6 is 11.3 Å². The van der Waals surface area contributed by atoms with Crippen molar-refractivity contribution in [2.75, 3.05) is 41.6 Å². The highest BCUT2D eigenvalue weighted by Gasteiger charge is 2.37. The summed E-state index contributed by atoms with van der Waals surface area (Å²) in [6, 6.07) is 18.2. The van der Waals surface area contributed by atoms with E-state index in [1.54, 1.807) is 66.0 Å².